The molecule has 0 aliphatic heterocycles. The predicted molar refractivity (Wildman–Crippen MR) is 68.6 cm³/mol. The van der Waals surface area contributed by atoms with E-state index in [2.05, 4.69) is 21.1 Å². The molecular formula is C11H14F3N3OS. The molecule has 0 aliphatic rings. The van der Waals surface area contributed by atoms with E-state index in [-0.39, 0.29) is 6.67 Å². The monoisotopic (exact) mass is 293 g/mol. The highest BCUT2D eigenvalue weighted by Gasteiger charge is 2.32. The summed E-state index contributed by atoms with van der Waals surface area (Å²) < 4.78 is 53.2. The summed E-state index contributed by atoms with van der Waals surface area (Å²) in [5, 5.41) is -0.538. The van der Waals surface area contributed by atoms with Crippen molar-refractivity contribution in [1.82, 2.24) is 4.98 Å². The van der Waals surface area contributed by atoms with Gasteiger partial charge in [-0.15, -0.1) is 0 Å². The van der Waals surface area contributed by atoms with Crippen molar-refractivity contribution in [2.45, 2.75) is 18.3 Å². The van der Waals surface area contributed by atoms with Crippen molar-refractivity contribution < 1.29 is 17.4 Å². The summed E-state index contributed by atoms with van der Waals surface area (Å²) in [4.78, 5) is 6.82. The lowest BCUT2D eigenvalue weighted by Crippen LogP contribution is -2.11. The highest BCUT2D eigenvalue weighted by Crippen LogP contribution is 2.29. The number of rotatable bonds is 4. The third-order valence-corrected chi connectivity index (χ3v) is 4.83. The molecule has 0 fully saturated rings. The fraction of sp³-hybridized carbons (Fsp3) is 0.455. The van der Waals surface area contributed by atoms with Gasteiger partial charge in [0, 0.05) is 12.5 Å². The van der Waals surface area contributed by atoms with Gasteiger partial charge in [0.2, 0.25) is 0 Å². The third kappa shape index (κ3) is 4.02. The molecule has 0 bridgehead atoms. The van der Waals surface area contributed by atoms with Gasteiger partial charge in [-0.05, 0) is 25.3 Å². The van der Waals surface area contributed by atoms with Crippen LogP contribution in [0.4, 0.5) is 13.2 Å². The molecule has 0 saturated heterocycles. The van der Waals surface area contributed by atoms with Gasteiger partial charge >= 0.3 is 6.18 Å². The first-order chi connectivity index (χ1) is 8.68. The van der Waals surface area contributed by atoms with E-state index in [1.54, 1.807) is 6.92 Å². The summed E-state index contributed by atoms with van der Waals surface area (Å²) >= 11 is 0. The molecule has 1 unspecified atom stereocenters. The summed E-state index contributed by atoms with van der Waals surface area (Å²) in [6.07, 6.45) is -1.97. The van der Waals surface area contributed by atoms with Gasteiger partial charge in [-0.25, -0.2) is 8.57 Å². The normalized spacial score (nSPS) is 16.5. The summed E-state index contributed by atoms with van der Waals surface area (Å²) in [6, 6.07) is 2.13. The highest BCUT2D eigenvalue weighted by molar-refractivity contribution is 7.93. The van der Waals surface area contributed by atoms with Crippen molar-refractivity contribution >= 4 is 16.4 Å². The van der Waals surface area contributed by atoms with Crippen LogP contribution in [0.3, 0.4) is 0 Å². The lowest BCUT2D eigenvalue weighted by molar-refractivity contribution is -0.141. The van der Waals surface area contributed by atoms with E-state index in [0.717, 1.165) is 12.3 Å². The molecule has 1 aromatic heterocycles. The topological polar surface area (TPSA) is 54.7 Å². The van der Waals surface area contributed by atoms with Gasteiger partial charge in [0.05, 0.1) is 15.0 Å². The Labute approximate surface area is 110 Å². The Bertz CT molecular complexity index is 560. The molecule has 1 rings (SSSR count). The molecule has 0 aromatic carbocycles. The minimum Gasteiger partial charge on any atom is -0.277 e. The minimum absolute atomic E-state index is 0.00621. The van der Waals surface area contributed by atoms with Crippen LogP contribution in [0.5, 0.6) is 0 Å². The molecule has 106 valence electrons. The maximum atomic E-state index is 12.4. The molecule has 0 spiro atoms. The van der Waals surface area contributed by atoms with Crippen molar-refractivity contribution in [2.75, 3.05) is 12.9 Å². The second-order valence-corrected chi connectivity index (χ2v) is 6.66. The van der Waals surface area contributed by atoms with Gasteiger partial charge in [0.1, 0.15) is 12.4 Å². The van der Waals surface area contributed by atoms with Crippen LogP contribution in [0.25, 0.3) is 0 Å². The first-order valence-corrected chi connectivity index (χ1v) is 7.29. The lowest BCUT2D eigenvalue weighted by Gasteiger charge is -2.14. The first-order valence-electron chi connectivity index (χ1n) is 5.31. The number of hydrogen-bond acceptors (Lipinski definition) is 4. The fourth-order valence-corrected chi connectivity index (χ4v) is 2.51. The standard InChI is InChI=1S/C11H14F3N3OS/c1-8(19(3,18)17-7-15-2)9-4-5-10(16-6-9)11(12,13)14/h4-6,8H,2,7H2,1,3H3/t8-,19?/m0/s1. The zero-order valence-corrected chi connectivity index (χ0v) is 11.3. The summed E-state index contributed by atoms with van der Waals surface area (Å²) in [6.45, 7) is 4.85. The molecule has 0 radical (unpaired) electrons. The number of pyridine rings is 1. The average molecular weight is 293 g/mol. The molecule has 8 heteroatoms. The van der Waals surface area contributed by atoms with Crippen LogP contribution in [0.1, 0.15) is 23.4 Å². The van der Waals surface area contributed by atoms with Gasteiger partial charge in [-0.2, -0.15) is 13.2 Å². The zero-order chi connectivity index (χ0) is 14.7. The molecule has 4 nitrogen and oxygen atoms in total. The van der Waals surface area contributed by atoms with Gasteiger partial charge in [-0.1, -0.05) is 6.07 Å². The number of aliphatic imine (C=N–C) groups is 1. The van der Waals surface area contributed by atoms with E-state index in [1.165, 1.54) is 12.3 Å². The second kappa shape index (κ2) is 5.68. The van der Waals surface area contributed by atoms with Gasteiger partial charge in [0.15, 0.2) is 0 Å². The van der Waals surface area contributed by atoms with E-state index in [9.17, 15) is 17.4 Å². The second-order valence-electron chi connectivity index (χ2n) is 3.97. The molecular weight excluding hydrogens is 279 g/mol. The Balaban J connectivity index is 3.05. The molecule has 0 saturated carbocycles. The van der Waals surface area contributed by atoms with Crippen LogP contribution in [0.15, 0.2) is 27.7 Å². The Morgan fingerprint density at radius 1 is 1.47 bits per heavy atom. The molecule has 1 aromatic rings. The van der Waals surface area contributed by atoms with E-state index >= 15 is 0 Å². The molecule has 0 N–H and O–H groups in total. The largest absolute Gasteiger partial charge is 0.433 e. The molecule has 0 amide bonds. The van der Waals surface area contributed by atoms with E-state index < -0.39 is 26.8 Å². The fourth-order valence-electron chi connectivity index (χ4n) is 1.33. The van der Waals surface area contributed by atoms with Crippen LogP contribution in [0, 0.1) is 0 Å². The SMILES string of the molecule is C=NCN=S(C)(=O)[C@@H](C)c1ccc(C(F)(F)F)nc1. The summed E-state index contributed by atoms with van der Waals surface area (Å²) in [7, 11) is -2.60. The van der Waals surface area contributed by atoms with Crippen molar-refractivity contribution in [3.63, 3.8) is 0 Å². The van der Waals surface area contributed by atoms with Gasteiger partial charge in [-0.3, -0.25) is 9.98 Å². The van der Waals surface area contributed by atoms with Crippen LogP contribution < -0.4 is 0 Å². The van der Waals surface area contributed by atoms with Crippen LogP contribution >= 0.6 is 0 Å². The Morgan fingerprint density at radius 2 is 2.11 bits per heavy atom. The Hall–Kier alpha value is -1.44. The predicted octanol–water partition coefficient (Wildman–Crippen LogP) is 2.92. The average Bonchev–Trinajstić information content (AvgIpc) is 2.34. The highest BCUT2D eigenvalue weighted by atomic mass is 32.2. The first kappa shape index (κ1) is 15.6. The smallest absolute Gasteiger partial charge is 0.277 e. The van der Waals surface area contributed by atoms with Crippen molar-refractivity contribution in [1.29, 1.82) is 0 Å². The van der Waals surface area contributed by atoms with Crippen LogP contribution in [-0.2, 0) is 15.9 Å². The van der Waals surface area contributed by atoms with Crippen molar-refractivity contribution in [3.8, 4) is 0 Å². The van der Waals surface area contributed by atoms with Gasteiger partial charge in [0.25, 0.3) is 0 Å². The number of hydrogen-bond donors (Lipinski definition) is 0. The van der Waals surface area contributed by atoms with E-state index in [0.29, 0.717) is 5.56 Å². The molecule has 0 aliphatic carbocycles. The number of alkyl halides is 3. The number of halogens is 3. The van der Waals surface area contributed by atoms with Crippen LogP contribution in [-0.4, -0.2) is 28.8 Å². The van der Waals surface area contributed by atoms with Crippen molar-refractivity contribution in [2.24, 2.45) is 9.36 Å². The summed E-state index contributed by atoms with van der Waals surface area (Å²) in [5.74, 6) is 0. The lowest BCUT2D eigenvalue weighted by atomic mass is 10.2. The van der Waals surface area contributed by atoms with Crippen LogP contribution in [0.2, 0.25) is 0 Å². The van der Waals surface area contributed by atoms with E-state index in [1.807, 2.05) is 0 Å². The van der Waals surface area contributed by atoms with Crippen molar-refractivity contribution in [3.05, 3.63) is 29.6 Å². The molecule has 19 heavy (non-hydrogen) atoms. The summed E-state index contributed by atoms with van der Waals surface area (Å²) in [5.41, 5.74) is -0.538. The third-order valence-electron chi connectivity index (χ3n) is 2.62. The Morgan fingerprint density at radius 3 is 2.53 bits per heavy atom. The number of aromatic nitrogens is 1. The maximum Gasteiger partial charge on any atom is 0.433 e. The zero-order valence-electron chi connectivity index (χ0n) is 10.5. The quantitative estimate of drug-likeness (QED) is 0.801. The Kier molecular flexibility index (Phi) is 4.67. The molecule has 1 heterocycles. The maximum absolute atomic E-state index is 12.4. The number of nitrogens with zero attached hydrogens (tertiary/aromatic N) is 3. The van der Waals surface area contributed by atoms with Gasteiger partial charge < -0.3 is 0 Å². The van der Waals surface area contributed by atoms with E-state index in [4.69, 9.17) is 0 Å². The minimum atomic E-state index is -4.48. The molecule has 2 atom stereocenters.